The molecule has 0 heterocycles. The van der Waals surface area contributed by atoms with Crippen LogP contribution in [0.4, 0.5) is 0 Å². The van der Waals surface area contributed by atoms with Gasteiger partial charge in [0.2, 0.25) is 0 Å². The van der Waals surface area contributed by atoms with Crippen LogP contribution in [0.2, 0.25) is 0 Å². The van der Waals surface area contributed by atoms with Crippen LogP contribution in [0.5, 0.6) is 0 Å². The van der Waals surface area contributed by atoms with Crippen molar-refractivity contribution in [3.05, 3.63) is 42.0 Å². The largest absolute Gasteiger partial charge is 1.00 e. The lowest BCUT2D eigenvalue weighted by Crippen LogP contribution is -3.00. The summed E-state index contributed by atoms with van der Waals surface area (Å²) < 4.78 is 0. The van der Waals surface area contributed by atoms with E-state index in [1.807, 2.05) is 6.08 Å². The average Bonchev–Trinajstić information content (AvgIpc) is 2.56. The molecule has 23 heavy (non-hydrogen) atoms. The van der Waals surface area contributed by atoms with Crippen molar-refractivity contribution in [1.82, 2.24) is 0 Å². The van der Waals surface area contributed by atoms with E-state index in [1.165, 1.54) is 68.7 Å². The fourth-order valence-electron chi connectivity index (χ4n) is 3.20. The minimum absolute atomic E-state index is 0. The summed E-state index contributed by atoms with van der Waals surface area (Å²) in [5, 5.41) is 0. The fourth-order valence-corrected chi connectivity index (χ4v) is 8.29. The Balaban J connectivity index is 0.00000484. The fraction of sp³-hybridized carbons (Fsp3) is 0.619. The van der Waals surface area contributed by atoms with Crippen molar-refractivity contribution in [2.45, 2.75) is 65.5 Å². The summed E-state index contributed by atoms with van der Waals surface area (Å²) in [4.78, 5) is 0. The number of unbranched alkanes of at least 4 members (excludes halogenated alkanes) is 3. The summed E-state index contributed by atoms with van der Waals surface area (Å²) in [5.41, 5.74) is 2.80. The molecule has 0 aliphatic carbocycles. The molecule has 0 spiro atoms. The number of hydrogen-bond acceptors (Lipinski definition) is 0. The lowest BCUT2D eigenvalue weighted by atomic mass is 10.1. The van der Waals surface area contributed by atoms with Gasteiger partial charge in [-0.25, -0.2) is 0 Å². The predicted octanol–water partition coefficient (Wildman–Crippen LogP) is 4.25. The topological polar surface area (TPSA) is 0 Å². The van der Waals surface area contributed by atoms with Crippen molar-refractivity contribution in [1.29, 1.82) is 0 Å². The van der Waals surface area contributed by atoms with Crippen LogP contribution in [-0.2, 0) is 6.16 Å². The van der Waals surface area contributed by atoms with Crippen molar-refractivity contribution in [2.24, 2.45) is 0 Å². The first-order chi connectivity index (χ1) is 10.7. The first kappa shape index (κ1) is 22.7. The third-order valence-corrected chi connectivity index (χ3v) is 9.52. The summed E-state index contributed by atoms with van der Waals surface area (Å²) in [7, 11) is -0.817. The molecule has 0 nitrogen and oxygen atoms in total. The minimum Gasteiger partial charge on any atom is -1.00 e. The molecule has 0 aliphatic rings. The third-order valence-electron chi connectivity index (χ3n) is 4.69. The molecule has 132 valence electrons. The third kappa shape index (κ3) is 8.37. The molecular formula is C21H36ClP. The summed E-state index contributed by atoms with van der Waals surface area (Å²) in [6, 6.07) is 9.15. The number of rotatable bonds is 12. The van der Waals surface area contributed by atoms with Gasteiger partial charge in [-0.05, 0) is 30.4 Å². The standard InChI is InChI=1S/C21H36P.ClH/c1-5-9-16-22(17-10-6-2,18-11-7-3)19-21-14-12-20(8-4)13-15-21;/h8,12-15H,4-7,9-11,16-19H2,1-3H3;1H/q+1;/p-1. The van der Waals surface area contributed by atoms with Crippen LogP contribution in [0.15, 0.2) is 30.8 Å². The molecule has 0 aromatic heterocycles. The summed E-state index contributed by atoms with van der Waals surface area (Å²) >= 11 is 0. The Morgan fingerprint density at radius 2 is 1.26 bits per heavy atom. The zero-order chi connectivity index (χ0) is 16.3. The highest BCUT2D eigenvalue weighted by atomic mass is 35.5. The Labute approximate surface area is 151 Å². The monoisotopic (exact) mass is 354 g/mol. The van der Waals surface area contributed by atoms with Gasteiger partial charge in [-0.2, -0.15) is 0 Å². The van der Waals surface area contributed by atoms with Gasteiger partial charge in [0.25, 0.3) is 0 Å². The van der Waals surface area contributed by atoms with Crippen molar-refractivity contribution >= 4 is 13.3 Å². The maximum Gasteiger partial charge on any atom is 0.0842 e. The Kier molecular flexibility index (Phi) is 12.8. The van der Waals surface area contributed by atoms with E-state index in [9.17, 15) is 0 Å². The van der Waals surface area contributed by atoms with E-state index in [0.717, 1.165) is 0 Å². The second-order valence-electron chi connectivity index (χ2n) is 6.68. The highest BCUT2D eigenvalue weighted by Gasteiger charge is 2.35. The Bertz CT molecular complexity index is 389. The van der Waals surface area contributed by atoms with E-state index in [1.54, 1.807) is 5.56 Å². The SMILES string of the molecule is C=Cc1ccc(C[P+](CCCC)(CCCC)CCCC)cc1.[Cl-]. The lowest BCUT2D eigenvalue weighted by Gasteiger charge is -2.28. The summed E-state index contributed by atoms with van der Waals surface area (Å²) in [5.74, 6) is 0. The highest BCUT2D eigenvalue weighted by Crippen LogP contribution is 2.63. The van der Waals surface area contributed by atoms with Gasteiger partial charge >= 0.3 is 0 Å². The van der Waals surface area contributed by atoms with Gasteiger partial charge in [-0.15, -0.1) is 0 Å². The Morgan fingerprint density at radius 1 is 0.826 bits per heavy atom. The molecule has 0 saturated heterocycles. The molecule has 0 unspecified atom stereocenters. The average molecular weight is 355 g/mol. The zero-order valence-electron chi connectivity index (χ0n) is 15.5. The molecule has 0 amide bonds. The molecule has 0 N–H and O–H groups in total. The Hall–Kier alpha value is -0.320. The second-order valence-corrected chi connectivity index (χ2v) is 11.0. The first-order valence-corrected chi connectivity index (χ1v) is 11.8. The smallest absolute Gasteiger partial charge is 0.0842 e. The molecule has 0 fully saturated rings. The van der Waals surface area contributed by atoms with Gasteiger partial charge in [0.1, 0.15) is 0 Å². The minimum atomic E-state index is -0.817. The number of hydrogen-bond donors (Lipinski definition) is 0. The molecule has 0 radical (unpaired) electrons. The summed E-state index contributed by atoms with van der Waals surface area (Å²) in [6.07, 6.45) is 16.1. The van der Waals surface area contributed by atoms with Gasteiger partial charge < -0.3 is 12.4 Å². The molecule has 0 atom stereocenters. The molecular weight excluding hydrogens is 319 g/mol. The molecule has 0 aliphatic heterocycles. The van der Waals surface area contributed by atoms with Gasteiger partial charge in [-0.1, -0.05) is 77.0 Å². The van der Waals surface area contributed by atoms with Crippen LogP contribution in [0.3, 0.4) is 0 Å². The predicted molar refractivity (Wildman–Crippen MR) is 106 cm³/mol. The molecule has 0 saturated carbocycles. The molecule has 1 aromatic rings. The number of benzene rings is 1. The normalized spacial score (nSPS) is 11.1. The van der Waals surface area contributed by atoms with Gasteiger partial charge in [-0.3, -0.25) is 0 Å². The summed E-state index contributed by atoms with van der Waals surface area (Å²) in [6.45, 7) is 10.9. The highest BCUT2D eigenvalue weighted by molar-refractivity contribution is 7.75. The second kappa shape index (κ2) is 13.0. The van der Waals surface area contributed by atoms with Crippen molar-refractivity contribution in [3.63, 3.8) is 0 Å². The van der Waals surface area contributed by atoms with Crippen LogP contribution in [0, 0.1) is 0 Å². The van der Waals surface area contributed by atoms with E-state index in [2.05, 4.69) is 51.6 Å². The molecule has 1 aromatic carbocycles. The van der Waals surface area contributed by atoms with E-state index < -0.39 is 7.26 Å². The molecule has 0 bridgehead atoms. The van der Waals surface area contributed by atoms with Crippen molar-refractivity contribution < 1.29 is 12.4 Å². The molecule has 2 heteroatoms. The first-order valence-electron chi connectivity index (χ1n) is 9.26. The van der Waals surface area contributed by atoms with Gasteiger partial charge in [0, 0.05) is 7.26 Å². The van der Waals surface area contributed by atoms with E-state index in [-0.39, 0.29) is 12.4 Å². The van der Waals surface area contributed by atoms with Crippen molar-refractivity contribution in [3.8, 4) is 0 Å². The van der Waals surface area contributed by atoms with Gasteiger partial charge in [0.05, 0.1) is 24.6 Å². The zero-order valence-corrected chi connectivity index (χ0v) is 17.1. The number of halogens is 1. The Morgan fingerprint density at radius 3 is 1.61 bits per heavy atom. The molecule has 1 rings (SSSR count). The van der Waals surface area contributed by atoms with Gasteiger partial charge in [0.15, 0.2) is 0 Å². The van der Waals surface area contributed by atoms with E-state index in [0.29, 0.717) is 0 Å². The van der Waals surface area contributed by atoms with Crippen LogP contribution >= 0.6 is 7.26 Å². The van der Waals surface area contributed by atoms with Crippen molar-refractivity contribution in [2.75, 3.05) is 18.5 Å². The quantitative estimate of drug-likeness (QED) is 0.492. The maximum absolute atomic E-state index is 3.86. The van der Waals surface area contributed by atoms with Crippen LogP contribution in [-0.4, -0.2) is 18.5 Å². The van der Waals surface area contributed by atoms with E-state index in [4.69, 9.17) is 0 Å². The van der Waals surface area contributed by atoms with Crippen LogP contribution in [0.25, 0.3) is 6.08 Å². The van der Waals surface area contributed by atoms with E-state index >= 15 is 0 Å². The van der Waals surface area contributed by atoms with Crippen LogP contribution < -0.4 is 12.4 Å². The maximum atomic E-state index is 3.86. The van der Waals surface area contributed by atoms with Crippen LogP contribution in [0.1, 0.15) is 70.4 Å². The lowest BCUT2D eigenvalue weighted by molar-refractivity contribution is -0.00000489.